The van der Waals surface area contributed by atoms with E-state index in [1.165, 1.54) is 0 Å². The molecular formula is C10H11ClO2. The molecule has 1 atom stereocenters. The summed E-state index contributed by atoms with van der Waals surface area (Å²) in [5.41, 5.74) is 0.551. The number of hydrogen-bond donors (Lipinski definition) is 1. The molecule has 1 aromatic rings. The number of halogens is 1. The lowest BCUT2D eigenvalue weighted by atomic mass is 9.87. The first-order valence-corrected chi connectivity index (χ1v) is 4.65. The molecule has 0 spiro atoms. The molecule has 0 saturated carbocycles. The monoisotopic (exact) mass is 198 g/mol. The molecule has 2 rings (SSSR count). The average molecular weight is 199 g/mol. The summed E-state index contributed by atoms with van der Waals surface area (Å²) in [4.78, 5) is 0. The second-order valence-corrected chi connectivity index (χ2v) is 3.69. The maximum Gasteiger partial charge on any atom is 0.118 e. The van der Waals surface area contributed by atoms with E-state index in [0.717, 1.165) is 18.6 Å². The van der Waals surface area contributed by atoms with Gasteiger partial charge in [-0.15, -0.1) is 0 Å². The Morgan fingerprint density at radius 3 is 2.38 bits per heavy atom. The topological polar surface area (TPSA) is 29.5 Å². The predicted octanol–water partition coefficient (Wildman–Crippen LogP) is 1.95. The molecule has 2 nitrogen and oxygen atoms in total. The van der Waals surface area contributed by atoms with Gasteiger partial charge in [0.15, 0.2) is 0 Å². The van der Waals surface area contributed by atoms with Gasteiger partial charge in [-0.1, -0.05) is 23.7 Å². The number of aliphatic hydroxyl groups excluding tert-OH is 1. The number of ether oxygens (including phenoxy) is 1. The third-order valence-corrected chi connectivity index (χ3v) is 2.76. The van der Waals surface area contributed by atoms with E-state index in [2.05, 4.69) is 0 Å². The van der Waals surface area contributed by atoms with E-state index in [9.17, 15) is 5.11 Å². The molecule has 0 bridgehead atoms. The van der Waals surface area contributed by atoms with E-state index in [4.69, 9.17) is 16.3 Å². The Balaban J connectivity index is 2.28. The largest absolute Gasteiger partial charge is 0.393 e. The lowest BCUT2D eigenvalue weighted by molar-refractivity contribution is -0.177. The van der Waals surface area contributed by atoms with Crippen LogP contribution < -0.4 is 0 Å². The van der Waals surface area contributed by atoms with Crippen LogP contribution >= 0.6 is 11.6 Å². The number of hydrogen-bond acceptors (Lipinski definition) is 2. The fraction of sp³-hybridized carbons (Fsp3) is 0.400. The standard InChI is InChI=1S/C10H11ClO2/c11-9-3-1-8(2-4-9)10(7-12)5-6-13-10/h1-4,12H,5-7H2. The minimum Gasteiger partial charge on any atom is -0.393 e. The van der Waals surface area contributed by atoms with Gasteiger partial charge < -0.3 is 9.84 Å². The van der Waals surface area contributed by atoms with E-state index in [1.54, 1.807) is 0 Å². The molecular weight excluding hydrogens is 188 g/mol. The van der Waals surface area contributed by atoms with Crippen molar-refractivity contribution < 1.29 is 9.84 Å². The lowest BCUT2D eigenvalue weighted by Crippen LogP contribution is -2.44. The quantitative estimate of drug-likeness (QED) is 0.787. The molecule has 0 amide bonds. The molecule has 70 valence electrons. The highest BCUT2D eigenvalue weighted by Gasteiger charge is 2.39. The average Bonchev–Trinajstić information content (AvgIpc) is 2.07. The van der Waals surface area contributed by atoms with E-state index >= 15 is 0 Å². The van der Waals surface area contributed by atoms with Crippen molar-refractivity contribution in [1.29, 1.82) is 0 Å². The molecule has 1 fully saturated rings. The van der Waals surface area contributed by atoms with Gasteiger partial charge >= 0.3 is 0 Å². The Labute approximate surface area is 82.1 Å². The van der Waals surface area contributed by atoms with Crippen molar-refractivity contribution in [2.75, 3.05) is 13.2 Å². The molecule has 1 aliphatic rings. The van der Waals surface area contributed by atoms with Crippen LogP contribution in [0.1, 0.15) is 12.0 Å². The molecule has 1 aliphatic heterocycles. The summed E-state index contributed by atoms with van der Waals surface area (Å²) in [7, 11) is 0. The van der Waals surface area contributed by atoms with E-state index in [-0.39, 0.29) is 6.61 Å². The Kier molecular flexibility index (Phi) is 2.28. The fourth-order valence-electron chi connectivity index (χ4n) is 1.55. The Morgan fingerprint density at radius 1 is 1.38 bits per heavy atom. The molecule has 13 heavy (non-hydrogen) atoms. The first-order valence-electron chi connectivity index (χ1n) is 4.28. The van der Waals surface area contributed by atoms with E-state index in [0.29, 0.717) is 5.02 Å². The summed E-state index contributed by atoms with van der Waals surface area (Å²) >= 11 is 5.76. The zero-order valence-corrected chi connectivity index (χ0v) is 7.92. The number of aliphatic hydroxyl groups is 1. The molecule has 1 N–H and O–H groups in total. The lowest BCUT2D eigenvalue weighted by Gasteiger charge is -2.40. The van der Waals surface area contributed by atoms with Crippen LogP contribution in [0.25, 0.3) is 0 Å². The molecule has 1 unspecified atom stereocenters. The second kappa shape index (κ2) is 3.29. The van der Waals surface area contributed by atoms with Crippen molar-refractivity contribution >= 4 is 11.6 Å². The van der Waals surface area contributed by atoms with Crippen molar-refractivity contribution in [3.8, 4) is 0 Å². The summed E-state index contributed by atoms with van der Waals surface area (Å²) < 4.78 is 5.40. The van der Waals surface area contributed by atoms with Crippen LogP contribution in [0.4, 0.5) is 0 Å². The summed E-state index contributed by atoms with van der Waals surface area (Å²) in [5, 5.41) is 9.91. The summed E-state index contributed by atoms with van der Waals surface area (Å²) in [6, 6.07) is 7.43. The molecule has 1 saturated heterocycles. The van der Waals surface area contributed by atoms with Crippen molar-refractivity contribution in [3.63, 3.8) is 0 Å². The van der Waals surface area contributed by atoms with Crippen molar-refractivity contribution in [2.24, 2.45) is 0 Å². The van der Waals surface area contributed by atoms with Crippen molar-refractivity contribution in [2.45, 2.75) is 12.0 Å². The van der Waals surface area contributed by atoms with E-state index in [1.807, 2.05) is 24.3 Å². The molecule has 0 aliphatic carbocycles. The highest BCUT2D eigenvalue weighted by atomic mass is 35.5. The third-order valence-electron chi connectivity index (χ3n) is 2.51. The predicted molar refractivity (Wildman–Crippen MR) is 50.8 cm³/mol. The van der Waals surface area contributed by atoms with Crippen LogP contribution in [0.3, 0.4) is 0 Å². The summed E-state index contributed by atoms with van der Waals surface area (Å²) in [6.45, 7) is 0.762. The van der Waals surface area contributed by atoms with Gasteiger partial charge in [-0.3, -0.25) is 0 Å². The van der Waals surface area contributed by atoms with Gasteiger partial charge in [0.25, 0.3) is 0 Å². The van der Waals surface area contributed by atoms with Crippen LogP contribution in [0.15, 0.2) is 24.3 Å². The molecule has 0 aromatic heterocycles. The molecule has 1 heterocycles. The van der Waals surface area contributed by atoms with Gasteiger partial charge in [-0.25, -0.2) is 0 Å². The van der Waals surface area contributed by atoms with Gasteiger partial charge in [0.05, 0.1) is 13.2 Å². The first kappa shape index (κ1) is 9.00. The molecule has 3 heteroatoms. The van der Waals surface area contributed by atoms with Crippen LogP contribution in [0, 0.1) is 0 Å². The SMILES string of the molecule is OCC1(c2ccc(Cl)cc2)CCO1. The van der Waals surface area contributed by atoms with E-state index < -0.39 is 5.60 Å². The highest BCUT2D eigenvalue weighted by Crippen LogP contribution is 2.37. The van der Waals surface area contributed by atoms with Crippen LogP contribution in [0.2, 0.25) is 5.02 Å². The van der Waals surface area contributed by atoms with Crippen LogP contribution in [-0.2, 0) is 10.3 Å². The van der Waals surface area contributed by atoms with Gasteiger partial charge in [-0.2, -0.15) is 0 Å². The Hall–Kier alpha value is -0.570. The molecule has 1 aromatic carbocycles. The zero-order chi connectivity index (χ0) is 9.31. The molecule has 0 radical (unpaired) electrons. The Bertz CT molecular complexity index is 285. The number of rotatable bonds is 2. The highest BCUT2D eigenvalue weighted by molar-refractivity contribution is 6.30. The van der Waals surface area contributed by atoms with Crippen molar-refractivity contribution in [3.05, 3.63) is 34.9 Å². The van der Waals surface area contributed by atoms with Gasteiger partial charge in [0.2, 0.25) is 0 Å². The maximum atomic E-state index is 9.20. The maximum absolute atomic E-state index is 9.20. The van der Waals surface area contributed by atoms with Gasteiger partial charge in [-0.05, 0) is 17.7 Å². The first-order chi connectivity index (χ1) is 6.27. The normalized spacial score (nSPS) is 26.9. The number of benzene rings is 1. The minimum absolute atomic E-state index is 0.0363. The Morgan fingerprint density at radius 2 is 2.00 bits per heavy atom. The van der Waals surface area contributed by atoms with Gasteiger partial charge in [0.1, 0.15) is 5.60 Å². The smallest absolute Gasteiger partial charge is 0.118 e. The second-order valence-electron chi connectivity index (χ2n) is 3.26. The zero-order valence-electron chi connectivity index (χ0n) is 7.16. The van der Waals surface area contributed by atoms with Crippen molar-refractivity contribution in [1.82, 2.24) is 0 Å². The van der Waals surface area contributed by atoms with Crippen LogP contribution in [-0.4, -0.2) is 18.3 Å². The van der Waals surface area contributed by atoms with Crippen LogP contribution in [0.5, 0.6) is 0 Å². The fourth-order valence-corrected chi connectivity index (χ4v) is 1.67. The minimum atomic E-state index is -0.454. The van der Waals surface area contributed by atoms with Gasteiger partial charge in [0, 0.05) is 11.4 Å². The summed E-state index contributed by atoms with van der Waals surface area (Å²) in [5.74, 6) is 0. The summed E-state index contributed by atoms with van der Waals surface area (Å²) in [6.07, 6.45) is 0.880. The third kappa shape index (κ3) is 1.46.